The fraction of sp³-hybridized carbons (Fsp3) is 0.656. The lowest BCUT2D eigenvalue weighted by molar-refractivity contribution is 0.248. The molecule has 0 bridgehead atoms. The van der Waals surface area contributed by atoms with Gasteiger partial charge in [-0.1, -0.05) is 109 Å². The molecule has 1 fully saturated rings. The zero-order valence-corrected chi connectivity index (χ0v) is 22.0. The largest absolute Gasteiger partial charge is 0.256 e. The molecule has 1 saturated carbocycles. The van der Waals surface area contributed by atoms with Gasteiger partial charge in [0.2, 0.25) is 0 Å². The fourth-order valence-electron chi connectivity index (χ4n) is 5.63. The van der Waals surface area contributed by atoms with Crippen molar-refractivity contribution in [1.82, 2.24) is 4.98 Å². The summed E-state index contributed by atoms with van der Waals surface area (Å²) in [5.74, 6) is 1.65. The summed E-state index contributed by atoms with van der Waals surface area (Å²) in [5.41, 5.74) is 3.74. The molecule has 0 N–H and O–H groups in total. The van der Waals surface area contributed by atoms with Crippen molar-refractivity contribution in [3.05, 3.63) is 53.5 Å². The summed E-state index contributed by atoms with van der Waals surface area (Å²) < 4.78 is 14.9. The lowest BCUT2D eigenvalue weighted by Gasteiger charge is -2.28. The van der Waals surface area contributed by atoms with Crippen molar-refractivity contribution in [2.75, 3.05) is 0 Å². The number of benzene rings is 1. The van der Waals surface area contributed by atoms with Crippen molar-refractivity contribution in [3.8, 4) is 11.3 Å². The molecule has 1 nitrogen and oxygen atoms in total. The van der Waals surface area contributed by atoms with E-state index in [-0.39, 0.29) is 5.82 Å². The predicted octanol–water partition coefficient (Wildman–Crippen LogP) is 10.1. The fourth-order valence-corrected chi connectivity index (χ4v) is 5.63. The lowest BCUT2D eigenvalue weighted by Crippen LogP contribution is -2.15. The molecule has 0 saturated heterocycles. The molecule has 1 aromatic heterocycles. The van der Waals surface area contributed by atoms with E-state index in [1.165, 1.54) is 102 Å². The van der Waals surface area contributed by atoms with Crippen molar-refractivity contribution in [1.29, 1.82) is 0 Å². The molecule has 0 unspecified atom stereocenters. The van der Waals surface area contributed by atoms with Gasteiger partial charge in [0, 0.05) is 11.8 Å². The maximum atomic E-state index is 14.9. The van der Waals surface area contributed by atoms with Crippen LogP contribution in [0.15, 0.2) is 36.5 Å². The van der Waals surface area contributed by atoms with Crippen molar-refractivity contribution in [3.63, 3.8) is 0 Å². The second-order valence-electron chi connectivity index (χ2n) is 10.8. The number of unbranched alkanes of at least 4 members (excludes halogenated alkanes) is 7. The summed E-state index contributed by atoms with van der Waals surface area (Å²) in [6, 6.07) is 9.87. The average molecular weight is 466 g/mol. The molecule has 0 radical (unpaired) electrons. The lowest BCUT2D eigenvalue weighted by atomic mass is 9.77. The summed E-state index contributed by atoms with van der Waals surface area (Å²) in [4.78, 5) is 4.54. The van der Waals surface area contributed by atoms with Crippen LogP contribution in [0.1, 0.15) is 121 Å². The summed E-state index contributed by atoms with van der Waals surface area (Å²) in [7, 11) is 0. The summed E-state index contributed by atoms with van der Waals surface area (Å²) in [5, 5.41) is 0. The van der Waals surface area contributed by atoms with Crippen LogP contribution in [0.3, 0.4) is 0 Å². The zero-order valence-electron chi connectivity index (χ0n) is 22.0. The molecule has 1 aliphatic carbocycles. The van der Waals surface area contributed by atoms with Crippen LogP contribution in [0, 0.1) is 17.7 Å². The maximum Gasteiger partial charge on any atom is 0.132 e. The van der Waals surface area contributed by atoms with Crippen LogP contribution in [0.2, 0.25) is 0 Å². The van der Waals surface area contributed by atoms with Gasteiger partial charge in [0.1, 0.15) is 5.82 Å². The van der Waals surface area contributed by atoms with Gasteiger partial charge in [-0.25, -0.2) is 4.39 Å². The third-order valence-electron chi connectivity index (χ3n) is 7.98. The quantitative estimate of drug-likeness (QED) is 0.238. The van der Waals surface area contributed by atoms with Crippen LogP contribution >= 0.6 is 0 Å². The Labute approximate surface area is 209 Å². The second kappa shape index (κ2) is 15.3. The van der Waals surface area contributed by atoms with E-state index in [2.05, 4.69) is 31.0 Å². The number of hydrogen-bond acceptors (Lipinski definition) is 1. The second-order valence-corrected chi connectivity index (χ2v) is 10.8. The zero-order chi connectivity index (χ0) is 24.0. The topological polar surface area (TPSA) is 12.9 Å². The van der Waals surface area contributed by atoms with Gasteiger partial charge in [0.15, 0.2) is 0 Å². The highest BCUT2D eigenvalue weighted by atomic mass is 19.1. The number of hydrogen-bond donors (Lipinski definition) is 0. The molecule has 188 valence electrons. The van der Waals surface area contributed by atoms with Gasteiger partial charge in [-0.15, -0.1) is 0 Å². The Balaban J connectivity index is 1.38. The molecule has 2 aromatic rings. The van der Waals surface area contributed by atoms with Gasteiger partial charge in [-0.2, -0.15) is 0 Å². The highest BCUT2D eigenvalue weighted by molar-refractivity contribution is 5.60. The van der Waals surface area contributed by atoms with Crippen LogP contribution < -0.4 is 0 Å². The third-order valence-corrected chi connectivity index (χ3v) is 7.98. The van der Waals surface area contributed by atoms with E-state index in [9.17, 15) is 4.39 Å². The van der Waals surface area contributed by atoms with Gasteiger partial charge in [-0.3, -0.25) is 4.98 Å². The number of rotatable bonds is 15. The molecule has 0 aliphatic heterocycles. The Hall–Kier alpha value is -1.70. The van der Waals surface area contributed by atoms with Gasteiger partial charge in [-0.05, 0) is 66.8 Å². The number of pyridine rings is 1. The smallest absolute Gasteiger partial charge is 0.132 e. The molecular weight excluding hydrogens is 417 g/mol. The summed E-state index contributed by atoms with van der Waals surface area (Å²) in [6.45, 7) is 4.51. The number of nitrogens with zero attached hydrogens (tertiary/aromatic N) is 1. The van der Waals surface area contributed by atoms with Crippen molar-refractivity contribution < 1.29 is 4.39 Å². The van der Waals surface area contributed by atoms with Gasteiger partial charge < -0.3 is 0 Å². The Morgan fingerprint density at radius 1 is 0.706 bits per heavy atom. The Morgan fingerprint density at radius 2 is 1.35 bits per heavy atom. The van der Waals surface area contributed by atoms with Crippen LogP contribution in [-0.4, -0.2) is 4.98 Å². The average Bonchev–Trinajstić information content (AvgIpc) is 2.86. The van der Waals surface area contributed by atoms with E-state index >= 15 is 0 Å². The Bertz CT molecular complexity index is 804. The summed E-state index contributed by atoms with van der Waals surface area (Å²) in [6.07, 6.45) is 24.3. The first kappa shape index (κ1) is 26.9. The monoisotopic (exact) mass is 465 g/mol. The first-order valence-electron chi connectivity index (χ1n) is 14.4. The maximum absolute atomic E-state index is 14.9. The van der Waals surface area contributed by atoms with Crippen molar-refractivity contribution in [2.45, 2.75) is 123 Å². The molecule has 3 rings (SSSR count). The van der Waals surface area contributed by atoms with Crippen LogP contribution in [0.25, 0.3) is 11.3 Å². The molecule has 1 aromatic carbocycles. The van der Waals surface area contributed by atoms with E-state index in [0.717, 1.165) is 35.9 Å². The highest BCUT2D eigenvalue weighted by Gasteiger charge is 2.21. The predicted molar refractivity (Wildman–Crippen MR) is 145 cm³/mol. The minimum Gasteiger partial charge on any atom is -0.256 e. The van der Waals surface area contributed by atoms with Crippen LogP contribution in [-0.2, 0) is 12.8 Å². The van der Waals surface area contributed by atoms with E-state index in [1.54, 1.807) is 6.07 Å². The minimum atomic E-state index is -0.133. The number of aryl methyl sites for hydroxylation is 2. The Kier molecular flexibility index (Phi) is 12.1. The molecule has 1 aliphatic rings. The standard InChI is InChI=1S/C32H48FN/c1-3-5-7-8-9-11-12-26-14-16-27(17-15-26)18-19-28-20-22-30(31(33)24-28)32-23-21-29(25-34-32)13-10-6-4-2/h20-27H,3-19H2,1-2H3/t26-,27-. The molecule has 1 heterocycles. The van der Waals surface area contributed by atoms with Crippen molar-refractivity contribution in [2.24, 2.45) is 11.8 Å². The minimum absolute atomic E-state index is 0.133. The van der Waals surface area contributed by atoms with Gasteiger partial charge >= 0.3 is 0 Å². The van der Waals surface area contributed by atoms with E-state index in [1.807, 2.05) is 18.3 Å². The molecular formula is C32H48FN. The van der Waals surface area contributed by atoms with Crippen LogP contribution in [0.4, 0.5) is 4.39 Å². The van der Waals surface area contributed by atoms with Crippen molar-refractivity contribution >= 4 is 0 Å². The normalized spacial score (nSPS) is 18.3. The molecule has 0 atom stereocenters. The number of aromatic nitrogens is 1. The first-order chi connectivity index (χ1) is 16.7. The van der Waals surface area contributed by atoms with Gasteiger partial charge in [0.25, 0.3) is 0 Å². The van der Waals surface area contributed by atoms with E-state index in [4.69, 9.17) is 0 Å². The number of halogens is 1. The molecule has 34 heavy (non-hydrogen) atoms. The first-order valence-corrected chi connectivity index (χ1v) is 14.4. The Morgan fingerprint density at radius 3 is 2.03 bits per heavy atom. The summed E-state index contributed by atoms with van der Waals surface area (Å²) >= 11 is 0. The van der Waals surface area contributed by atoms with E-state index in [0.29, 0.717) is 5.56 Å². The van der Waals surface area contributed by atoms with Gasteiger partial charge in [0.05, 0.1) is 5.69 Å². The van der Waals surface area contributed by atoms with E-state index < -0.39 is 0 Å². The SMILES string of the molecule is CCCCCCCC[C@H]1CC[C@H](CCc2ccc(-c3ccc(CCCCC)cn3)c(F)c2)CC1. The van der Waals surface area contributed by atoms with Crippen LogP contribution in [0.5, 0.6) is 0 Å². The highest BCUT2D eigenvalue weighted by Crippen LogP contribution is 2.34. The molecule has 2 heteroatoms. The molecule has 0 amide bonds. The third kappa shape index (κ3) is 9.16. The molecule has 0 spiro atoms.